The number of carbonyl (C=O) groups excluding carboxylic acids is 1. The minimum absolute atomic E-state index is 0.00949. The number of rotatable bonds is 8. The Morgan fingerprint density at radius 3 is 2.35 bits per heavy atom. The van der Waals surface area contributed by atoms with Gasteiger partial charge in [0.15, 0.2) is 0 Å². The lowest BCUT2D eigenvalue weighted by atomic mass is 9.79. The largest absolute Gasteiger partial charge is 0.481 e. The number of pyridine rings is 1. The highest BCUT2D eigenvalue weighted by Gasteiger charge is 2.37. The van der Waals surface area contributed by atoms with Gasteiger partial charge in [-0.1, -0.05) is 33.8 Å². The number of carbonyl (C=O) groups is 2. The lowest BCUT2D eigenvalue weighted by Crippen LogP contribution is -2.39. The Kier molecular flexibility index (Phi) is 6.73. The highest BCUT2D eigenvalue weighted by Crippen LogP contribution is 2.32. The summed E-state index contributed by atoms with van der Waals surface area (Å²) in [7, 11) is 0. The van der Waals surface area contributed by atoms with Gasteiger partial charge >= 0.3 is 5.97 Å². The van der Waals surface area contributed by atoms with Crippen molar-refractivity contribution in [3.8, 4) is 0 Å². The van der Waals surface area contributed by atoms with Crippen LogP contribution in [0.3, 0.4) is 0 Å². The maximum atomic E-state index is 12.5. The van der Waals surface area contributed by atoms with Gasteiger partial charge in [0, 0.05) is 12.6 Å². The van der Waals surface area contributed by atoms with Crippen LogP contribution in [0.15, 0.2) is 18.3 Å². The standard InChI is InChI=1S/C18H28N2O3/c1-6-18(7-2,17(22)23)11-14(21)20-15(12(3)4)16-13(5)9-8-10-19-16/h8-10,12,15H,6-7,11H2,1-5H3,(H,20,21)(H,22,23). The molecule has 0 aliphatic rings. The van der Waals surface area contributed by atoms with Gasteiger partial charge in [-0.05, 0) is 37.3 Å². The van der Waals surface area contributed by atoms with Crippen LogP contribution in [0.1, 0.15) is 64.3 Å². The van der Waals surface area contributed by atoms with Crippen molar-refractivity contribution in [2.45, 2.75) is 59.9 Å². The number of amides is 1. The SMILES string of the molecule is CCC(CC)(CC(=O)NC(c1ncccc1C)C(C)C)C(=O)O. The Labute approximate surface area is 138 Å². The molecule has 0 saturated heterocycles. The topological polar surface area (TPSA) is 79.3 Å². The van der Waals surface area contributed by atoms with E-state index in [9.17, 15) is 14.7 Å². The van der Waals surface area contributed by atoms with Gasteiger partial charge in [-0.25, -0.2) is 0 Å². The average molecular weight is 320 g/mol. The van der Waals surface area contributed by atoms with Gasteiger partial charge in [-0.2, -0.15) is 0 Å². The highest BCUT2D eigenvalue weighted by molar-refractivity contribution is 5.85. The average Bonchev–Trinajstić information content (AvgIpc) is 2.50. The van der Waals surface area contributed by atoms with Crippen LogP contribution in [-0.4, -0.2) is 22.0 Å². The van der Waals surface area contributed by atoms with Crippen molar-refractivity contribution in [1.82, 2.24) is 10.3 Å². The first-order chi connectivity index (χ1) is 10.8. The summed E-state index contributed by atoms with van der Waals surface area (Å²) < 4.78 is 0. The molecule has 2 N–H and O–H groups in total. The first-order valence-corrected chi connectivity index (χ1v) is 8.21. The van der Waals surface area contributed by atoms with Crippen molar-refractivity contribution in [2.24, 2.45) is 11.3 Å². The second-order valence-corrected chi connectivity index (χ2v) is 6.46. The zero-order chi connectivity index (χ0) is 17.6. The van der Waals surface area contributed by atoms with Crippen molar-refractivity contribution < 1.29 is 14.7 Å². The fourth-order valence-electron chi connectivity index (χ4n) is 2.78. The van der Waals surface area contributed by atoms with E-state index >= 15 is 0 Å². The number of carboxylic acid groups (broad SMARTS) is 1. The molecule has 5 heteroatoms. The molecule has 0 aromatic carbocycles. The summed E-state index contributed by atoms with van der Waals surface area (Å²) in [4.78, 5) is 28.4. The van der Waals surface area contributed by atoms with Crippen LogP contribution in [-0.2, 0) is 9.59 Å². The van der Waals surface area contributed by atoms with Gasteiger partial charge < -0.3 is 10.4 Å². The van der Waals surface area contributed by atoms with Crippen molar-refractivity contribution in [3.05, 3.63) is 29.6 Å². The van der Waals surface area contributed by atoms with Crippen LogP contribution < -0.4 is 5.32 Å². The van der Waals surface area contributed by atoms with Gasteiger partial charge in [-0.3, -0.25) is 14.6 Å². The van der Waals surface area contributed by atoms with Gasteiger partial charge in [0.25, 0.3) is 0 Å². The van der Waals surface area contributed by atoms with E-state index in [1.54, 1.807) is 6.20 Å². The molecule has 0 radical (unpaired) electrons. The lowest BCUT2D eigenvalue weighted by molar-refractivity contribution is -0.152. The Hall–Kier alpha value is -1.91. The minimum atomic E-state index is -0.995. The predicted molar refractivity (Wildman–Crippen MR) is 90.0 cm³/mol. The summed E-state index contributed by atoms with van der Waals surface area (Å²) in [6.45, 7) is 9.62. The molecule has 1 heterocycles. The van der Waals surface area contributed by atoms with Crippen molar-refractivity contribution in [2.75, 3.05) is 0 Å². The molecule has 1 unspecified atom stereocenters. The van der Waals surface area contributed by atoms with Gasteiger partial charge in [0.1, 0.15) is 0 Å². The fourth-order valence-corrected chi connectivity index (χ4v) is 2.78. The van der Waals surface area contributed by atoms with Gasteiger partial charge in [0.2, 0.25) is 5.91 Å². The van der Waals surface area contributed by atoms with Crippen molar-refractivity contribution in [1.29, 1.82) is 0 Å². The van der Waals surface area contributed by atoms with E-state index in [2.05, 4.69) is 10.3 Å². The molecule has 23 heavy (non-hydrogen) atoms. The number of nitrogens with zero attached hydrogens (tertiary/aromatic N) is 1. The molecular formula is C18H28N2O3. The van der Waals surface area contributed by atoms with E-state index in [0.717, 1.165) is 11.3 Å². The zero-order valence-corrected chi connectivity index (χ0v) is 14.7. The van der Waals surface area contributed by atoms with E-state index in [0.29, 0.717) is 12.8 Å². The van der Waals surface area contributed by atoms with Gasteiger partial charge in [-0.15, -0.1) is 0 Å². The van der Waals surface area contributed by atoms with Gasteiger partial charge in [0.05, 0.1) is 17.2 Å². The molecule has 1 rings (SSSR count). The normalized spacial score (nSPS) is 13.0. The van der Waals surface area contributed by atoms with E-state index in [1.165, 1.54) is 0 Å². The Morgan fingerprint density at radius 1 is 1.30 bits per heavy atom. The van der Waals surface area contributed by atoms with Crippen LogP contribution in [0.4, 0.5) is 0 Å². The molecule has 0 bridgehead atoms. The molecular weight excluding hydrogens is 292 g/mol. The molecule has 1 amide bonds. The van der Waals surface area contributed by atoms with Crippen LogP contribution >= 0.6 is 0 Å². The van der Waals surface area contributed by atoms with E-state index in [-0.39, 0.29) is 24.3 Å². The number of aromatic nitrogens is 1. The third-order valence-electron chi connectivity index (χ3n) is 4.63. The number of aryl methyl sites for hydroxylation is 1. The number of aliphatic carboxylic acids is 1. The Balaban J connectivity index is 2.96. The second-order valence-electron chi connectivity index (χ2n) is 6.46. The van der Waals surface area contributed by atoms with Crippen molar-refractivity contribution in [3.63, 3.8) is 0 Å². The summed E-state index contributed by atoms with van der Waals surface area (Å²) in [5.41, 5.74) is 0.858. The van der Waals surface area contributed by atoms with E-state index in [4.69, 9.17) is 0 Å². The van der Waals surface area contributed by atoms with E-state index in [1.807, 2.05) is 46.8 Å². The maximum absolute atomic E-state index is 12.5. The summed E-state index contributed by atoms with van der Waals surface area (Å²) in [6.07, 6.45) is 2.57. The minimum Gasteiger partial charge on any atom is -0.481 e. The Bertz CT molecular complexity index is 551. The van der Waals surface area contributed by atoms with Crippen LogP contribution in [0, 0.1) is 18.3 Å². The summed E-state index contributed by atoms with van der Waals surface area (Å²) in [5.74, 6) is -0.984. The number of nitrogens with one attached hydrogen (secondary N) is 1. The fraction of sp³-hybridized carbons (Fsp3) is 0.611. The highest BCUT2D eigenvalue weighted by atomic mass is 16.4. The van der Waals surface area contributed by atoms with Crippen LogP contribution in [0.2, 0.25) is 0 Å². The molecule has 1 aromatic rings. The first-order valence-electron chi connectivity index (χ1n) is 8.21. The van der Waals surface area contributed by atoms with E-state index < -0.39 is 11.4 Å². The van der Waals surface area contributed by atoms with Crippen LogP contribution in [0.25, 0.3) is 0 Å². The molecule has 0 aliphatic carbocycles. The summed E-state index contributed by atoms with van der Waals surface area (Å²) >= 11 is 0. The molecule has 0 saturated carbocycles. The lowest BCUT2D eigenvalue weighted by Gasteiger charge is -2.28. The zero-order valence-electron chi connectivity index (χ0n) is 14.7. The molecule has 0 fully saturated rings. The molecule has 128 valence electrons. The maximum Gasteiger partial charge on any atom is 0.310 e. The summed E-state index contributed by atoms with van der Waals surface area (Å²) in [6, 6.07) is 3.61. The smallest absolute Gasteiger partial charge is 0.310 e. The third-order valence-corrected chi connectivity index (χ3v) is 4.63. The third kappa shape index (κ3) is 4.53. The monoisotopic (exact) mass is 320 g/mol. The molecule has 1 atom stereocenters. The first kappa shape index (κ1) is 19.1. The molecule has 5 nitrogen and oxygen atoms in total. The van der Waals surface area contributed by atoms with Crippen molar-refractivity contribution >= 4 is 11.9 Å². The number of carboxylic acids is 1. The molecule has 1 aromatic heterocycles. The Morgan fingerprint density at radius 2 is 1.91 bits per heavy atom. The molecule has 0 aliphatic heterocycles. The predicted octanol–water partition coefficient (Wildman–Crippen LogP) is 3.48. The number of hydrogen-bond acceptors (Lipinski definition) is 3. The second kappa shape index (κ2) is 8.09. The quantitative estimate of drug-likeness (QED) is 0.768. The molecule has 0 spiro atoms. The van der Waals surface area contributed by atoms with Crippen LogP contribution in [0.5, 0.6) is 0 Å². The summed E-state index contributed by atoms with van der Waals surface area (Å²) in [5, 5.41) is 12.5. The number of hydrogen-bond donors (Lipinski definition) is 2.